The molecule has 1 aliphatic carbocycles. The number of thiocarbonyl (C=S) groups is 1. The third-order valence-electron chi connectivity index (χ3n) is 3.20. The Balaban J connectivity index is 1.81. The first-order chi connectivity index (χ1) is 9.15. The molecular formula is C13H14N4S2. The molecular weight excluding hydrogens is 276 g/mol. The van der Waals surface area contributed by atoms with Gasteiger partial charge in [-0.05, 0) is 37.1 Å². The molecule has 2 N–H and O–H groups in total. The van der Waals surface area contributed by atoms with E-state index in [2.05, 4.69) is 9.36 Å². The molecule has 4 nitrogen and oxygen atoms in total. The van der Waals surface area contributed by atoms with Gasteiger partial charge in [0.05, 0.1) is 0 Å². The van der Waals surface area contributed by atoms with Crippen molar-refractivity contribution in [3.63, 3.8) is 0 Å². The highest BCUT2D eigenvalue weighted by atomic mass is 32.1. The molecule has 19 heavy (non-hydrogen) atoms. The normalized spacial score (nSPS) is 14.4. The van der Waals surface area contributed by atoms with Crippen molar-refractivity contribution in [2.24, 2.45) is 5.73 Å². The third-order valence-corrected chi connectivity index (χ3v) is 4.24. The highest BCUT2D eigenvalue weighted by Gasteiger charge is 2.28. The first-order valence-corrected chi connectivity index (χ1v) is 7.30. The Kier molecular flexibility index (Phi) is 3.20. The minimum absolute atomic E-state index is 0.418. The van der Waals surface area contributed by atoms with Crippen LogP contribution in [-0.2, 0) is 0 Å². The lowest BCUT2D eigenvalue weighted by atomic mass is 10.2. The van der Waals surface area contributed by atoms with Crippen LogP contribution < -0.4 is 10.6 Å². The van der Waals surface area contributed by atoms with Gasteiger partial charge in [-0.1, -0.05) is 12.2 Å². The monoisotopic (exact) mass is 290 g/mol. The smallest absolute Gasteiger partial charge is 0.209 e. The van der Waals surface area contributed by atoms with Gasteiger partial charge in [-0.3, -0.25) is 0 Å². The number of rotatable bonds is 4. The molecule has 2 aromatic rings. The Morgan fingerprint density at radius 2 is 2.05 bits per heavy atom. The summed E-state index contributed by atoms with van der Waals surface area (Å²) in [5.41, 5.74) is 7.52. The van der Waals surface area contributed by atoms with E-state index in [0.29, 0.717) is 10.9 Å². The van der Waals surface area contributed by atoms with Crippen molar-refractivity contribution in [3.8, 4) is 0 Å². The Bertz CT molecular complexity index is 601. The maximum Gasteiger partial charge on any atom is 0.209 e. The topological polar surface area (TPSA) is 55.0 Å². The fourth-order valence-electron chi connectivity index (χ4n) is 1.83. The second kappa shape index (κ2) is 4.86. The number of benzene rings is 1. The largest absolute Gasteiger partial charge is 0.389 e. The quantitative estimate of drug-likeness (QED) is 0.878. The lowest BCUT2D eigenvalue weighted by molar-refractivity contribution is 0.976. The summed E-state index contributed by atoms with van der Waals surface area (Å²) in [4.78, 5) is 7.04. The zero-order chi connectivity index (χ0) is 13.4. The number of hydrogen-bond acceptors (Lipinski definition) is 5. The molecule has 0 aliphatic heterocycles. The fourth-order valence-corrected chi connectivity index (χ4v) is 2.69. The van der Waals surface area contributed by atoms with Gasteiger partial charge in [0.25, 0.3) is 0 Å². The van der Waals surface area contributed by atoms with Gasteiger partial charge >= 0.3 is 0 Å². The molecule has 1 fully saturated rings. The van der Waals surface area contributed by atoms with Crippen LogP contribution >= 0.6 is 23.8 Å². The Labute approximate surface area is 121 Å². The number of nitrogens with two attached hydrogens (primary N) is 1. The first-order valence-electron chi connectivity index (χ1n) is 6.12. The summed E-state index contributed by atoms with van der Waals surface area (Å²) in [6, 6.07) is 7.84. The summed E-state index contributed by atoms with van der Waals surface area (Å²) in [5.74, 6) is 1.59. The van der Waals surface area contributed by atoms with E-state index in [1.54, 1.807) is 0 Å². The van der Waals surface area contributed by atoms with Crippen LogP contribution in [0, 0.1) is 0 Å². The highest BCUT2D eigenvalue weighted by Crippen LogP contribution is 2.40. The number of hydrogen-bond donors (Lipinski definition) is 1. The molecule has 1 aromatic heterocycles. The lowest BCUT2D eigenvalue weighted by Gasteiger charge is -2.15. The van der Waals surface area contributed by atoms with E-state index in [1.165, 1.54) is 24.4 Å². The van der Waals surface area contributed by atoms with Gasteiger partial charge in [0.1, 0.15) is 10.8 Å². The summed E-state index contributed by atoms with van der Waals surface area (Å²) >= 11 is 6.39. The average molecular weight is 290 g/mol. The Morgan fingerprint density at radius 1 is 1.37 bits per heavy atom. The summed E-state index contributed by atoms with van der Waals surface area (Å²) < 4.78 is 4.42. The Morgan fingerprint density at radius 3 is 2.63 bits per heavy atom. The van der Waals surface area contributed by atoms with Crippen molar-refractivity contribution >= 4 is 39.6 Å². The second-order valence-corrected chi connectivity index (χ2v) is 5.85. The van der Waals surface area contributed by atoms with Gasteiger partial charge in [-0.25, -0.2) is 4.98 Å². The van der Waals surface area contributed by atoms with Crippen molar-refractivity contribution < 1.29 is 0 Å². The maximum atomic E-state index is 5.59. The van der Waals surface area contributed by atoms with Gasteiger partial charge in [-0.15, -0.1) is 0 Å². The second-order valence-electron chi connectivity index (χ2n) is 4.68. The first kappa shape index (κ1) is 12.5. The highest BCUT2D eigenvalue weighted by molar-refractivity contribution is 7.80. The van der Waals surface area contributed by atoms with Gasteiger partial charge in [0.2, 0.25) is 5.13 Å². The molecule has 98 valence electrons. The van der Waals surface area contributed by atoms with Crippen LogP contribution in [0.25, 0.3) is 0 Å². The van der Waals surface area contributed by atoms with Crippen LogP contribution in [0.5, 0.6) is 0 Å². The van der Waals surface area contributed by atoms with Crippen molar-refractivity contribution in [1.29, 1.82) is 0 Å². The van der Waals surface area contributed by atoms with Gasteiger partial charge < -0.3 is 10.6 Å². The maximum absolute atomic E-state index is 5.59. The van der Waals surface area contributed by atoms with Crippen LogP contribution in [0.1, 0.15) is 30.1 Å². The average Bonchev–Trinajstić information content (AvgIpc) is 3.16. The molecule has 0 spiro atoms. The fraction of sp³-hybridized carbons (Fsp3) is 0.308. The van der Waals surface area contributed by atoms with Crippen molar-refractivity contribution in [2.45, 2.75) is 18.8 Å². The molecule has 0 saturated heterocycles. The summed E-state index contributed by atoms with van der Waals surface area (Å²) in [6.45, 7) is 0. The van der Waals surface area contributed by atoms with E-state index in [1.807, 2.05) is 36.2 Å². The SMILES string of the molecule is CN(c1ccc(C(N)=S)cc1)c1nc(C2CC2)ns1. The van der Waals surface area contributed by atoms with E-state index >= 15 is 0 Å². The molecule has 1 aromatic carbocycles. The number of aromatic nitrogens is 2. The predicted molar refractivity (Wildman–Crippen MR) is 82.3 cm³/mol. The standard InChI is InChI=1S/C13H14N4S2/c1-17(10-6-4-8(5-7-10)11(14)18)13-15-12(16-19-13)9-2-3-9/h4-7,9H,2-3H2,1H3,(H2,14,18). The summed E-state index contributed by atoms with van der Waals surface area (Å²) in [7, 11) is 1.99. The van der Waals surface area contributed by atoms with E-state index in [4.69, 9.17) is 18.0 Å². The van der Waals surface area contributed by atoms with Crippen molar-refractivity contribution in [2.75, 3.05) is 11.9 Å². The molecule has 1 aliphatic rings. The van der Waals surface area contributed by atoms with Crippen molar-refractivity contribution in [3.05, 3.63) is 35.7 Å². The van der Waals surface area contributed by atoms with Crippen LogP contribution in [-0.4, -0.2) is 21.4 Å². The van der Waals surface area contributed by atoms with E-state index < -0.39 is 0 Å². The molecule has 6 heteroatoms. The lowest BCUT2D eigenvalue weighted by Crippen LogP contribution is -2.11. The predicted octanol–water partition coefficient (Wildman–Crippen LogP) is 2.82. The van der Waals surface area contributed by atoms with Gasteiger partial charge in [0.15, 0.2) is 0 Å². The number of anilines is 2. The molecule has 0 amide bonds. The Hall–Kier alpha value is -1.53. The van der Waals surface area contributed by atoms with E-state index in [-0.39, 0.29) is 0 Å². The van der Waals surface area contributed by atoms with Crippen LogP contribution in [0.15, 0.2) is 24.3 Å². The van der Waals surface area contributed by atoms with Crippen LogP contribution in [0.3, 0.4) is 0 Å². The van der Waals surface area contributed by atoms with Crippen molar-refractivity contribution in [1.82, 2.24) is 9.36 Å². The van der Waals surface area contributed by atoms with Gasteiger partial charge in [0, 0.05) is 35.7 Å². The van der Waals surface area contributed by atoms with E-state index in [0.717, 1.165) is 22.2 Å². The zero-order valence-corrected chi connectivity index (χ0v) is 12.2. The van der Waals surface area contributed by atoms with Gasteiger partial charge in [-0.2, -0.15) is 4.37 Å². The molecule has 0 unspecified atom stereocenters. The molecule has 0 bridgehead atoms. The molecule has 0 atom stereocenters. The molecule has 1 heterocycles. The summed E-state index contributed by atoms with van der Waals surface area (Å²) in [5, 5.41) is 0.921. The molecule has 1 saturated carbocycles. The van der Waals surface area contributed by atoms with E-state index in [9.17, 15) is 0 Å². The minimum atomic E-state index is 0.418. The zero-order valence-electron chi connectivity index (χ0n) is 10.5. The third kappa shape index (κ3) is 2.59. The van der Waals surface area contributed by atoms with Crippen LogP contribution in [0.2, 0.25) is 0 Å². The molecule has 3 rings (SSSR count). The molecule has 0 radical (unpaired) electrons. The minimum Gasteiger partial charge on any atom is -0.389 e. The number of nitrogens with zero attached hydrogens (tertiary/aromatic N) is 3. The summed E-state index contributed by atoms with van der Waals surface area (Å²) in [6.07, 6.45) is 2.45. The van der Waals surface area contributed by atoms with Crippen LogP contribution in [0.4, 0.5) is 10.8 Å².